The van der Waals surface area contributed by atoms with E-state index in [1.165, 1.54) is 0 Å². The highest BCUT2D eigenvalue weighted by Gasteiger charge is 2.26. The second kappa shape index (κ2) is 4.06. The van der Waals surface area contributed by atoms with Crippen LogP contribution in [0, 0.1) is 6.92 Å². The van der Waals surface area contributed by atoms with Crippen LogP contribution in [-0.4, -0.2) is 42.0 Å². The number of nitrogens with one attached hydrogen (secondary N) is 2. The lowest BCUT2D eigenvalue weighted by Crippen LogP contribution is -2.33. The van der Waals surface area contributed by atoms with Crippen molar-refractivity contribution in [2.24, 2.45) is 0 Å². The van der Waals surface area contributed by atoms with Crippen LogP contribution in [0.3, 0.4) is 0 Å². The van der Waals surface area contributed by atoms with Crippen molar-refractivity contribution in [3.05, 3.63) is 23.5 Å². The van der Waals surface area contributed by atoms with Crippen molar-refractivity contribution >= 4 is 5.91 Å². The first-order chi connectivity index (χ1) is 7.22. The normalized spacial score (nSPS) is 20.9. The number of likely N-dealkylation sites (N-methyl/N-ethyl adjacent to an activating group) is 1. The predicted octanol–water partition coefficient (Wildman–Crippen LogP) is 0.757. The standard InChI is InChI=1S/C11H17N3O/c1-8-5-13-6-10(8)11(15)14-4-3-9(7-14)12-2/h5-6,9,12-13H,3-4,7H2,1-2H3. The van der Waals surface area contributed by atoms with Gasteiger partial charge in [0.2, 0.25) is 0 Å². The van der Waals surface area contributed by atoms with Crippen LogP contribution >= 0.6 is 0 Å². The SMILES string of the molecule is CNC1CCN(C(=O)c2c[nH]cc2C)C1. The molecule has 1 aliphatic rings. The van der Waals surface area contributed by atoms with Crippen molar-refractivity contribution in [3.63, 3.8) is 0 Å². The molecular formula is C11H17N3O. The Morgan fingerprint density at radius 1 is 1.60 bits per heavy atom. The molecule has 1 unspecified atom stereocenters. The van der Waals surface area contributed by atoms with E-state index in [-0.39, 0.29) is 5.91 Å². The zero-order valence-corrected chi connectivity index (χ0v) is 9.21. The highest BCUT2D eigenvalue weighted by molar-refractivity contribution is 5.95. The zero-order valence-electron chi connectivity index (χ0n) is 9.21. The Morgan fingerprint density at radius 2 is 2.40 bits per heavy atom. The van der Waals surface area contributed by atoms with E-state index in [4.69, 9.17) is 0 Å². The number of aryl methyl sites for hydroxylation is 1. The Labute approximate surface area is 89.7 Å². The van der Waals surface area contributed by atoms with Gasteiger partial charge in [0, 0.05) is 31.5 Å². The van der Waals surface area contributed by atoms with Gasteiger partial charge in [-0.3, -0.25) is 4.79 Å². The van der Waals surface area contributed by atoms with E-state index >= 15 is 0 Å². The Balaban J connectivity index is 2.07. The number of hydrogen-bond donors (Lipinski definition) is 2. The number of rotatable bonds is 2. The van der Waals surface area contributed by atoms with E-state index in [9.17, 15) is 4.79 Å². The van der Waals surface area contributed by atoms with Crippen molar-refractivity contribution < 1.29 is 4.79 Å². The monoisotopic (exact) mass is 207 g/mol. The summed E-state index contributed by atoms with van der Waals surface area (Å²) in [6.45, 7) is 3.63. The van der Waals surface area contributed by atoms with Crippen LogP contribution < -0.4 is 5.32 Å². The van der Waals surface area contributed by atoms with E-state index < -0.39 is 0 Å². The van der Waals surface area contributed by atoms with Gasteiger partial charge >= 0.3 is 0 Å². The molecule has 0 spiro atoms. The second-order valence-electron chi connectivity index (χ2n) is 4.08. The molecular weight excluding hydrogens is 190 g/mol. The number of carbonyl (C=O) groups is 1. The van der Waals surface area contributed by atoms with Crippen molar-refractivity contribution in [2.45, 2.75) is 19.4 Å². The molecule has 0 bridgehead atoms. The molecule has 1 aromatic rings. The minimum Gasteiger partial charge on any atom is -0.367 e. The summed E-state index contributed by atoms with van der Waals surface area (Å²) >= 11 is 0. The second-order valence-corrected chi connectivity index (χ2v) is 4.08. The average Bonchev–Trinajstić information content (AvgIpc) is 2.84. The summed E-state index contributed by atoms with van der Waals surface area (Å²) in [6, 6.07) is 0.452. The van der Waals surface area contributed by atoms with Crippen LogP contribution in [0.25, 0.3) is 0 Å². The average molecular weight is 207 g/mol. The third-order valence-electron chi connectivity index (χ3n) is 3.07. The summed E-state index contributed by atoms with van der Waals surface area (Å²) in [5, 5.41) is 3.21. The first-order valence-corrected chi connectivity index (χ1v) is 5.32. The number of H-pyrrole nitrogens is 1. The summed E-state index contributed by atoms with van der Waals surface area (Å²) in [5.41, 5.74) is 1.82. The summed E-state index contributed by atoms with van der Waals surface area (Å²) in [7, 11) is 1.94. The van der Waals surface area contributed by atoms with Crippen LogP contribution in [0.5, 0.6) is 0 Å². The van der Waals surface area contributed by atoms with E-state index in [2.05, 4.69) is 10.3 Å². The van der Waals surface area contributed by atoms with E-state index in [1.807, 2.05) is 25.1 Å². The van der Waals surface area contributed by atoms with E-state index in [0.29, 0.717) is 6.04 Å². The van der Waals surface area contributed by atoms with Crippen LogP contribution in [0.4, 0.5) is 0 Å². The van der Waals surface area contributed by atoms with Gasteiger partial charge in [0.05, 0.1) is 5.56 Å². The number of nitrogens with zero attached hydrogens (tertiary/aromatic N) is 1. The fourth-order valence-corrected chi connectivity index (χ4v) is 2.02. The first-order valence-electron chi connectivity index (χ1n) is 5.32. The van der Waals surface area contributed by atoms with Gasteiger partial charge in [-0.2, -0.15) is 0 Å². The van der Waals surface area contributed by atoms with Crippen LogP contribution in [-0.2, 0) is 0 Å². The molecule has 0 aliphatic carbocycles. The summed E-state index contributed by atoms with van der Waals surface area (Å²) in [5.74, 6) is 0.145. The lowest BCUT2D eigenvalue weighted by atomic mass is 10.2. The van der Waals surface area contributed by atoms with Gasteiger partial charge in [0.15, 0.2) is 0 Å². The van der Waals surface area contributed by atoms with Crippen LogP contribution in [0.15, 0.2) is 12.4 Å². The Hall–Kier alpha value is -1.29. The topological polar surface area (TPSA) is 48.1 Å². The number of aromatic amines is 1. The number of amides is 1. The molecule has 2 rings (SSSR count). The largest absolute Gasteiger partial charge is 0.367 e. The minimum atomic E-state index is 0.145. The molecule has 4 nitrogen and oxygen atoms in total. The maximum Gasteiger partial charge on any atom is 0.255 e. The highest BCUT2D eigenvalue weighted by Crippen LogP contribution is 2.15. The Morgan fingerprint density at radius 3 is 2.93 bits per heavy atom. The smallest absolute Gasteiger partial charge is 0.255 e. The summed E-state index contributed by atoms with van der Waals surface area (Å²) < 4.78 is 0. The molecule has 0 saturated carbocycles. The number of likely N-dealkylation sites (tertiary alicyclic amines) is 1. The quantitative estimate of drug-likeness (QED) is 0.752. The fraction of sp³-hybridized carbons (Fsp3) is 0.545. The van der Waals surface area contributed by atoms with Gasteiger partial charge in [-0.25, -0.2) is 0 Å². The van der Waals surface area contributed by atoms with Crippen molar-refractivity contribution in [2.75, 3.05) is 20.1 Å². The van der Waals surface area contributed by atoms with Crippen LogP contribution in [0.1, 0.15) is 22.3 Å². The summed E-state index contributed by atoms with van der Waals surface area (Å²) in [6.07, 6.45) is 4.69. The minimum absolute atomic E-state index is 0.145. The molecule has 2 N–H and O–H groups in total. The molecule has 0 aromatic carbocycles. The highest BCUT2D eigenvalue weighted by atomic mass is 16.2. The number of aromatic nitrogens is 1. The molecule has 1 atom stereocenters. The molecule has 1 aromatic heterocycles. The van der Waals surface area contributed by atoms with Crippen molar-refractivity contribution in [1.82, 2.24) is 15.2 Å². The molecule has 15 heavy (non-hydrogen) atoms. The van der Waals surface area contributed by atoms with E-state index in [1.54, 1.807) is 6.20 Å². The number of hydrogen-bond acceptors (Lipinski definition) is 2. The van der Waals surface area contributed by atoms with Gasteiger partial charge in [-0.15, -0.1) is 0 Å². The molecule has 1 fully saturated rings. The molecule has 1 aliphatic heterocycles. The fourth-order valence-electron chi connectivity index (χ4n) is 2.02. The number of carbonyl (C=O) groups excluding carboxylic acids is 1. The lowest BCUT2D eigenvalue weighted by Gasteiger charge is -2.16. The van der Waals surface area contributed by atoms with Crippen LogP contribution in [0.2, 0.25) is 0 Å². The van der Waals surface area contributed by atoms with Gasteiger partial charge in [-0.05, 0) is 26.0 Å². The van der Waals surface area contributed by atoms with E-state index in [0.717, 1.165) is 30.6 Å². The van der Waals surface area contributed by atoms with Gasteiger partial charge in [0.1, 0.15) is 0 Å². The van der Waals surface area contributed by atoms with Gasteiger partial charge in [0.25, 0.3) is 5.91 Å². The molecule has 2 heterocycles. The Kier molecular flexibility index (Phi) is 2.77. The first kappa shape index (κ1) is 10.2. The lowest BCUT2D eigenvalue weighted by molar-refractivity contribution is 0.0789. The summed E-state index contributed by atoms with van der Waals surface area (Å²) in [4.78, 5) is 16.9. The van der Waals surface area contributed by atoms with Crippen molar-refractivity contribution in [3.8, 4) is 0 Å². The molecule has 1 amide bonds. The maximum absolute atomic E-state index is 12.1. The molecule has 1 saturated heterocycles. The third-order valence-corrected chi connectivity index (χ3v) is 3.07. The Bertz CT molecular complexity index is 358. The molecule has 4 heteroatoms. The third kappa shape index (κ3) is 1.90. The zero-order chi connectivity index (χ0) is 10.8. The maximum atomic E-state index is 12.1. The predicted molar refractivity (Wildman–Crippen MR) is 58.9 cm³/mol. The van der Waals surface area contributed by atoms with Gasteiger partial charge < -0.3 is 15.2 Å². The molecule has 82 valence electrons. The van der Waals surface area contributed by atoms with Gasteiger partial charge in [-0.1, -0.05) is 0 Å². The molecule has 0 radical (unpaired) electrons. The van der Waals surface area contributed by atoms with Crippen molar-refractivity contribution in [1.29, 1.82) is 0 Å².